The molecule has 1 atom stereocenters. The lowest BCUT2D eigenvalue weighted by Crippen LogP contribution is -2.38. The number of nitrogens with one attached hydrogen (secondary N) is 1. The van der Waals surface area contributed by atoms with Crippen LogP contribution in [0.2, 0.25) is 0 Å². The average Bonchev–Trinajstić information content (AvgIpc) is 3.00. The second-order valence-electron chi connectivity index (χ2n) is 4.63. The highest BCUT2D eigenvalue weighted by molar-refractivity contribution is 5.96. The molecule has 0 spiro atoms. The molecule has 106 valence electrons. The number of carbonyl (C=O) groups is 1. The third-order valence-corrected chi connectivity index (χ3v) is 3.00. The zero-order valence-electron chi connectivity index (χ0n) is 11.4. The van der Waals surface area contributed by atoms with Crippen molar-refractivity contribution in [2.24, 2.45) is 0 Å². The Bertz CT molecular complexity index is 575. The number of amides is 1. The quantitative estimate of drug-likeness (QED) is 0.874. The van der Waals surface area contributed by atoms with Crippen LogP contribution < -0.4 is 10.1 Å². The lowest BCUT2D eigenvalue weighted by Gasteiger charge is -2.21. The molecule has 0 unspecified atom stereocenters. The summed E-state index contributed by atoms with van der Waals surface area (Å²) >= 11 is 0. The molecule has 5 nitrogen and oxygen atoms in total. The number of methoxy groups -OCH3 is 1. The van der Waals surface area contributed by atoms with E-state index >= 15 is 0 Å². The maximum atomic E-state index is 12.1. The SMILES string of the molecule is COc1ccccc1C(=O)NC[C@@](C)(O)c1ccco1. The molecule has 2 aromatic rings. The third-order valence-electron chi connectivity index (χ3n) is 3.00. The van der Waals surface area contributed by atoms with Gasteiger partial charge in [-0.05, 0) is 31.2 Å². The van der Waals surface area contributed by atoms with Gasteiger partial charge in [0.1, 0.15) is 17.1 Å². The summed E-state index contributed by atoms with van der Waals surface area (Å²) in [5, 5.41) is 12.9. The summed E-state index contributed by atoms with van der Waals surface area (Å²) < 4.78 is 10.3. The first-order chi connectivity index (χ1) is 9.54. The van der Waals surface area contributed by atoms with E-state index in [1.54, 1.807) is 43.3 Å². The lowest BCUT2D eigenvalue weighted by molar-refractivity contribution is 0.0330. The van der Waals surface area contributed by atoms with Crippen molar-refractivity contribution >= 4 is 5.91 Å². The molecule has 20 heavy (non-hydrogen) atoms. The smallest absolute Gasteiger partial charge is 0.255 e. The molecule has 0 saturated heterocycles. The van der Waals surface area contributed by atoms with E-state index in [4.69, 9.17) is 9.15 Å². The molecule has 1 aromatic heterocycles. The van der Waals surface area contributed by atoms with E-state index in [0.29, 0.717) is 17.1 Å². The summed E-state index contributed by atoms with van der Waals surface area (Å²) in [4.78, 5) is 12.1. The van der Waals surface area contributed by atoms with Crippen molar-refractivity contribution in [3.05, 3.63) is 54.0 Å². The molecule has 1 amide bonds. The van der Waals surface area contributed by atoms with E-state index in [2.05, 4.69) is 5.32 Å². The Labute approximate surface area is 117 Å². The molecule has 0 bridgehead atoms. The molecule has 0 saturated carbocycles. The highest BCUT2D eigenvalue weighted by Gasteiger charge is 2.27. The van der Waals surface area contributed by atoms with Gasteiger partial charge in [-0.15, -0.1) is 0 Å². The van der Waals surface area contributed by atoms with Crippen LogP contribution in [0.3, 0.4) is 0 Å². The predicted octanol–water partition coefficient (Wildman–Crippen LogP) is 1.93. The summed E-state index contributed by atoms with van der Waals surface area (Å²) in [6, 6.07) is 10.3. The molecule has 5 heteroatoms. The van der Waals surface area contributed by atoms with Gasteiger partial charge < -0.3 is 19.6 Å². The second-order valence-corrected chi connectivity index (χ2v) is 4.63. The van der Waals surface area contributed by atoms with Crippen LogP contribution in [0.5, 0.6) is 5.75 Å². The van der Waals surface area contributed by atoms with Gasteiger partial charge in [0, 0.05) is 0 Å². The van der Waals surface area contributed by atoms with Crippen LogP contribution in [0.15, 0.2) is 47.1 Å². The fourth-order valence-electron chi connectivity index (χ4n) is 1.85. The van der Waals surface area contributed by atoms with Crippen LogP contribution >= 0.6 is 0 Å². The van der Waals surface area contributed by atoms with E-state index < -0.39 is 5.60 Å². The lowest BCUT2D eigenvalue weighted by atomic mass is 10.0. The summed E-state index contributed by atoms with van der Waals surface area (Å²) in [6.07, 6.45) is 1.48. The van der Waals surface area contributed by atoms with Gasteiger partial charge in [0.2, 0.25) is 0 Å². The number of rotatable bonds is 5. The molecule has 0 aliphatic rings. The van der Waals surface area contributed by atoms with Crippen molar-refractivity contribution in [3.8, 4) is 5.75 Å². The van der Waals surface area contributed by atoms with Gasteiger partial charge in [-0.3, -0.25) is 4.79 Å². The molecule has 1 aromatic carbocycles. The first-order valence-electron chi connectivity index (χ1n) is 6.22. The van der Waals surface area contributed by atoms with Crippen LogP contribution in [0, 0.1) is 0 Å². The topological polar surface area (TPSA) is 71.7 Å². The fourth-order valence-corrected chi connectivity index (χ4v) is 1.85. The standard InChI is InChI=1S/C15H17NO4/c1-15(18,13-8-5-9-20-13)10-16-14(17)11-6-3-4-7-12(11)19-2/h3-9,18H,10H2,1-2H3,(H,16,17)/t15-/m1/s1. The maximum Gasteiger partial charge on any atom is 0.255 e. The Hall–Kier alpha value is -2.27. The minimum atomic E-state index is -1.26. The van der Waals surface area contributed by atoms with Gasteiger partial charge in [0.15, 0.2) is 0 Å². The largest absolute Gasteiger partial charge is 0.496 e. The van der Waals surface area contributed by atoms with Gasteiger partial charge in [0.05, 0.1) is 25.5 Å². The van der Waals surface area contributed by atoms with E-state index in [1.165, 1.54) is 13.4 Å². The van der Waals surface area contributed by atoms with Gasteiger partial charge in [-0.2, -0.15) is 0 Å². The minimum Gasteiger partial charge on any atom is -0.496 e. The number of ether oxygens (including phenoxy) is 1. The molecular formula is C15H17NO4. The van der Waals surface area contributed by atoms with Crippen molar-refractivity contribution in [1.82, 2.24) is 5.32 Å². The minimum absolute atomic E-state index is 0.0391. The van der Waals surface area contributed by atoms with E-state index in [9.17, 15) is 9.90 Å². The molecule has 0 aliphatic carbocycles. The Kier molecular flexibility index (Phi) is 4.10. The van der Waals surface area contributed by atoms with Crippen LogP contribution in [-0.2, 0) is 5.60 Å². The van der Waals surface area contributed by atoms with Crippen molar-refractivity contribution in [1.29, 1.82) is 0 Å². The Morgan fingerprint density at radius 1 is 1.35 bits per heavy atom. The van der Waals surface area contributed by atoms with Crippen LogP contribution in [0.1, 0.15) is 23.0 Å². The number of para-hydroxylation sites is 1. The van der Waals surface area contributed by atoms with Gasteiger partial charge in [0.25, 0.3) is 5.91 Å². The predicted molar refractivity (Wildman–Crippen MR) is 73.6 cm³/mol. The number of hydrogen-bond acceptors (Lipinski definition) is 4. The normalized spacial score (nSPS) is 13.6. The molecule has 2 N–H and O–H groups in total. The summed E-state index contributed by atoms with van der Waals surface area (Å²) in [5.41, 5.74) is -0.841. The second kappa shape index (κ2) is 5.79. The van der Waals surface area contributed by atoms with E-state index in [1.807, 2.05) is 0 Å². The number of benzene rings is 1. The summed E-state index contributed by atoms with van der Waals surface area (Å²) in [5.74, 6) is 0.578. The molecule has 1 heterocycles. The van der Waals surface area contributed by atoms with E-state index in [-0.39, 0.29) is 12.5 Å². The third kappa shape index (κ3) is 3.00. The monoisotopic (exact) mass is 275 g/mol. The van der Waals surface area contributed by atoms with Crippen LogP contribution in [-0.4, -0.2) is 24.7 Å². The van der Waals surface area contributed by atoms with Crippen LogP contribution in [0.25, 0.3) is 0 Å². The molecular weight excluding hydrogens is 258 g/mol. The highest BCUT2D eigenvalue weighted by Crippen LogP contribution is 2.21. The average molecular weight is 275 g/mol. The molecule has 2 rings (SSSR count). The van der Waals surface area contributed by atoms with Crippen molar-refractivity contribution in [3.63, 3.8) is 0 Å². The van der Waals surface area contributed by atoms with Crippen LogP contribution in [0.4, 0.5) is 0 Å². The van der Waals surface area contributed by atoms with Gasteiger partial charge in [-0.25, -0.2) is 0 Å². The zero-order valence-corrected chi connectivity index (χ0v) is 11.4. The van der Waals surface area contributed by atoms with Crippen molar-refractivity contribution < 1.29 is 19.1 Å². The Balaban J connectivity index is 2.06. The number of furan rings is 1. The fraction of sp³-hybridized carbons (Fsp3) is 0.267. The summed E-state index contributed by atoms with van der Waals surface area (Å²) in [7, 11) is 1.51. The Morgan fingerprint density at radius 3 is 2.75 bits per heavy atom. The molecule has 0 fully saturated rings. The van der Waals surface area contributed by atoms with Crippen molar-refractivity contribution in [2.75, 3.05) is 13.7 Å². The van der Waals surface area contributed by atoms with Crippen molar-refractivity contribution in [2.45, 2.75) is 12.5 Å². The van der Waals surface area contributed by atoms with E-state index in [0.717, 1.165) is 0 Å². The maximum absolute atomic E-state index is 12.1. The first kappa shape index (κ1) is 14.1. The zero-order chi connectivity index (χ0) is 14.6. The highest BCUT2D eigenvalue weighted by atomic mass is 16.5. The van der Waals surface area contributed by atoms with Gasteiger partial charge in [-0.1, -0.05) is 12.1 Å². The Morgan fingerprint density at radius 2 is 2.10 bits per heavy atom. The molecule has 0 aliphatic heterocycles. The number of carbonyl (C=O) groups excluding carboxylic acids is 1. The molecule has 0 radical (unpaired) electrons. The summed E-state index contributed by atoms with van der Waals surface area (Å²) in [6.45, 7) is 1.62. The number of hydrogen-bond donors (Lipinski definition) is 2. The van der Waals surface area contributed by atoms with Gasteiger partial charge >= 0.3 is 0 Å². The number of aliphatic hydroxyl groups is 1. The first-order valence-corrected chi connectivity index (χ1v) is 6.22.